The highest BCUT2D eigenvalue weighted by molar-refractivity contribution is 5.87. The zero-order chi connectivity index (χ0) is 13.7. The predicted octanol–water partition coefficient (Wildman–Crippen LogP) is 2.39. The van der Waals surface area contributed by atoms with Crippen LogP contribution in [0.1, 0.15) is 35.7 Å². The Labute approximate surface area is 114 Å². The molecule has 1 heterocycles. The molecule has 0 bridgehead atoms. The highest BCUT2D eigenvalue weighted by atomic mass is 16.5. The lowest BCUT2D eigenvalue weighted by molar-refractivity contribution is -0.0147. The van der Waals surface area contributed by atoms with Crippen molar-refractivity contribution in [1.82, 2.24) is 4.90 Å². The third-order valence-electron chi connectivity index (χ3n) is 3.56. The first-order valence-corrected chi connectivity index (χ1v) is 6.84. The fourth-order valence-electron chi connectivity index (χ4n) is 2.48. The van der Waals surface area contributed by atoms with Gasteiger partial charge in [-0.05, 0) is 24.1 Å². The number of aromatic carboxylic acids is 1. The Bertz CT molecular complexity index is 414. The summed E-state index contributed by atoms with van der Waals surface area (Å²) in [5.74, 6) is -0.873. The molecule has 0 amide bonds. The summed E-state index contributed by atoms with van der Waals surface area (Å²) in [4.78, 5) is 13.2. The summed E-state index contributed by atoms with van der Waals surface area (Å²) in [5.41, 5.74) is 1.50. The van der Waals surface area contributed by atoms with Gasteiger partial charge < -0.3 is 9.84 Å². The lowest BCUT2D eigenvalue weighted by Crippen LogP contribution is -2.44. The number of benzene rings is 1. The van der Waals surface area contributed by atoms with Gasteiger partial charge in [-0.1, -0.05) is 25.5 Å². The van der Waals surface area contributed by atoms with E-state index in [0.717, 1.165) is 44.7 Å². The van der Waals surface area contributed by atoms with Crippen molar-refractivity contribution in [2.24, 2.45) is 0 Å². The summed E-state index contributed by atoms with van der Waals surface area (Å²) in [6, 6.07) is 7.64. The molecule has 0 spiro atoms. The van der Waals surface area contributed by atoms with Gasteiger partial charge in [0.2, 0.25) is 0 Å². The molecule has 1 atom stereocenters. The lowest BCUT2D eigenvalue weighted by Gasteiger charge is -2.35. The first-order chi connectivity index (χ1) is 9.20. The fraction of sp³-hybridized carbons (Fsp3) is 0.533. The quantitative estimate of drug-likeness (QED) is 0.886. The van der Waals surface area contributed by atoms with Crippen LogP contribution in [-0.4, -0.2) is 41.8 Å². The third-order valence-corrected chi connectivity index (χ3v) is 3.56. The SMILES string of the molecule is CCCC1COCCN1Cc1ccc(C(=O)O)cc1. The Morgan fingerprint density at radius 3 is 2.79 bits per heavy atom. The number of carboxylic acid groups (broad SMARTS) is 1. The lowest BCUT2D eigenvalue weighted by atomic mass is 10.1. The van der Waals surface area contributed by atoms with Crippen LogP contribution in [0.4, 0.5) is 0 Å². The van der Waals surface area contributed by atoms with Gasteiger partial charge in [0.05, 0.1) is 18.8 Å². The first-order valence-electron chi connectivity index (χ1n) is 6.84. The van der Waals surface area contributed by atoms with Gasteiger partial charge in [-0.2, -0.15) is 0 Å². The number of rotatable bonds is 5. The summed E-state index contributed by atoms with van der Waals surface area (Å²) < 4.78 is 5.53. The Kier molecular flexibility index (Phi) is 4.93. The molecule has 0 aliphatic carbocycles. The molecule has 0 aromatic heterocycles. The van der Waals surface area contributed by atoms with E-state index in [9.17, 15) is 4.79 Å². The van der Waals surface area contributed by atoms with Gasteiger partial charge in [0.15, 0.2) is 0 Å². The molecule has 19 heavy (non-hydrogen) atoms. The summed E-state index contributed by atoms with van der Waals surface area (Å²) in [6.45, 7) is 5.60. The van der Waals surface area contributed by atoms with Crippen LogP contribution in [0.3, 0.4) is 0 Å². The highest BCUT2D eigenvalue weighted by Crippen LogP contribution is 2.16. The second kappa shape index (κ2) is 6.68. The Morgan fingerprint density at radius 2 is 2.16 bits per heavy atom. The van der Waals surface area contributed by atoms with Crippen molar-refractivity contribution in [3.05, 3.63) is 35.4 Å². The van der Waals surface area contributed by atoms with E-state index in [0.29, 0.717) is 11.6 Å². The molecular weight excluding hydrogens is 242 g/mol. The molecule has 1 unspecified atom stereocenters. The van der Waals surface area contributed by atoms with Crippen LogP contribution in [0.25, 0.3) is 0 Å². The zero-order valence-corrected chi connectivity index (χ0v) is 11.3. The molecule has 0 radical (unpaired) electrons. The van der Waals surface area contributed by atoms with Gasteiger partial charge in [0.25, 0.3) is 0 Å². The molecule has 0 saturated carbocycles. The molecule has 1 N–H and O–H groups in total. The Balaban J connectivity index is 2.00. The van der Waals surface area contributed by atoms with Crippen LogP contribution in [0.2, 0.25) is 0 Å². The van der Waals surface area contributed by atoms with Crippen LogP contribution in [0, 0.1) is 0 Å². The molecular formula is C15H21NO3. The molecule has 4 nitrogen and oxygen atoms in total. The largest absolute Gasteiger partial charge is 0.478 e. The van der Waals surface area contributed by atoms with E-state index in [4.69, 9.17) is 9.84 Å². The van der Waals surface area contributed by atoms with Gasteiger partial charge in [-0.3, -0.25) is 4.90 Å². The monoisotopic (exact) mass is 263 g/mol. The van der Waals surface area contributed by atoms with Crippen LogP contribution in [0.5, 0.6) is 0 Å². The zero-order valence-electron chi connectivity index (χ0n) is 11.3. The van der Waals surface area contributed by atoms with E-state index in [-0.39, 0.29) is 0 Å². The Morgan fingerprint density at radius 1 is 1.42 bits per heavy atom. The molecule has 1 fully saturated rings. The number of carboxylic acids is 1. The minimum absolute atomic E-state index is 0.343. The maximum atomic E-state index is 10.8. The topological polar surface area (TPSA) is 49.8 Å². The molecule has 1 aliphatic heterocycles. The minimum Gasteiger partial charge on any atom is -0.478 e. The first kappa shape index (κ1) is 14.0. The van der Waals surface area contributed by atoms with Gasteiger partial charge in [0, 0.05) is 19.1 Å². The van der Waals surface area contributed by atoms with E-state index in [2.05, 4.69) is 11.8 Å². The second-order valence-electron chi connectivity index (χ2n) is 4.99. The van der Waals surface area contributed by atoms with Crippen molar-refractivity contribution in [2.45, 2.75) is 32.4 Å². The van der Waals surface area contributed by atoms with Crippen LogP contribution < -0.4 is 0 Å². The van der Waals surface area contributed by atoms with Crippen molar-refractivity contribution in [3.63, 3.8) is 0 Å². The number of hydrogen-bond donors (Lipinski definition) is 1. The fourth-order valence-corrected chi connectivity index (χ4v) is 2.48. The predicted molar refractivity (Wildman–Crippen MR) is 73.3 cm³/mol. The van der Waals surface area contributed by atoms with Crippen molar-refractivity contribution >= 4 is 5.97 Å². The summed E-state index contributed by atoms with van der Waals surface area (Å²) >= 11 is 0. The van der Waals surface area contributed by atoms with Crippen molar-refractivity contribution in [1.29, 1.82) is 0 Å². The molecule has 1 aliphatic rings. The van der Waals surface area contributed by atoms with E-state index in [1.165, 1.54) is 0 Å². The Hall–Kier alpha value is -1.39. The van der Waals surface area contributed by atoms with Gasteiger partial charge in [-0.15, -0.1) is 0 Å². The van der Waals surface area contributed by atoms with E-state index < -0.39 is 5.97 Å². The maximum Gasteiger partial charge on any atom is 0.335 e. The average molecular weight is 263 g/mol. The van der Waals surface area contributed by atoms with Gasteiger partial charge >= 0.3 is 5.97 Å². The van der Waals surface area contributed by atoms with E-state index >= 15 is 0 Å². The van der Waals surface area contributed by atoms with Crippen LogP contribution in [0.15, 0.2) is 24.3 Å². The molecule has 1 aromatic rings. The smallest absolute Gasteiger partial charge is 0.335 e. The summed E-state index contributed by atoms with van der Waals surface area (Å²) in [6.07, 6.45) is 2.30. The molecule has 104 valence electrons. The number of ether oxygens (including phenoxy) is 1. The number of morpholine rings is 1. The van der Waals surface area contributed by atoms with Gasteiger partial charge in [-0.25, -0.2) is 4.79 Å². The summed E-state index contributed by atoms with van der Waals surface area (Å²) in [5, 5.41) is 8.88. The maximum absolute atomic E-state index is 10.8. The van der Waals surface area contributed by atoms with Crippen molar-refractivity contribution in [3.8, 4) is 0 Å². The van der Waals surface area contributed by atoms with Crippen LogP contribution in [-0.2, 0) is 11.3 Å². The molecule has 1 aromatic carbocycles. The number of carbonyl (C=O) groups is 1. The summed E-state index contributed by atoms with van der Waals surface area (Å²) in [7, 11) is 0. The van der Waals surface area contributed by atoms with Crippen molar-refractivity contribution < 1.29 is 14.6 Å². The molecule has 1 saturated heterocycles. The third kappa shape index (κ3) is 3.78. The van der Waals surface area contributed by atoms with Crippen LogP contribution >= 0.6 is 0 Å². The normalized spacial score (nSPS) is 20.4. The standard InChI is InChI=1S/C15H21NO3/c1-2-3-14-11-19-9-8-16(14)10-12-4-6-13(7-5-12)15(17)18/h4-7,14H,2-3,8-11H2,1H3,(H,17,18). The molecule has 2 rings (SSSR count). The highest BCUT2D eigenvalue weighted by Gasteiger charge is 2.22. The number of hydrogen-bond acceptors (Lipinski definition) is 3. The van der Waals surface area contributed by atoms with E-state index in [1.807, 2.05) is 12.1 Å². The number of nitrogens with zero attached hydrogens (tertiary/aromatic N) is 1. The average Bonchev–Trinajstić information content (AvgIpc) is 2.42. The molecule has 4 heteroatoms. The van der Waals surface area contributed by atoms with E-state index in [1.54, 1.807) is 12.1 Å². The van der Waals surface area contributed by atoms with Crippen molar-refractivity contribution in [2.75, 3.05) is 19.8 Å². The second-order valence-corrected chi connectivity index (χ2v) is 4.99. The minimum atomic E-state index is -0.873. The van der Waals surface area contributed by atoms with Gasteiger partial charge in [0.1, 0.15) is 0 Å².